The molecular formula is C24H25ClN2O6. The maximum absolute atomic E-state index is 14.1. The monoisotopic (exact) mass is 472 g/mol. The molecule has 2 saturated heterocycles. The van der Waals surface area contributed by atoms with Crippen molar-refractivity contribution < 1.29 is 29.0 Å². The van der Waals surface area contributed by atoms with Crippen LogP contribution >= 0.6 is 11.6 Å². The van der Waals surface area contributed by atoms with Crippen LogP contribution in [0.4, 0.5) is 5.69 Å². The molecule has 2 fully saturated rings. The van der Waals surface area contributed by atoms with Gasteiger partial charge in [0.2, 0.25) is 5.91 Å². The van der Waals surface area contributed by atoms with Crippen LogP contribution in [0, 0.1) is 11.8 Å². The molecule has 2 amide bonds. The lowest BCUT2D eigenvalue weighted by molar-refractivity contribution is -0.153. The van der Waals surface area contributed by atoms with Crippen LogP contribution in [0.2, 0.25) is 5.02 Å². The Labute approximate surface area is 196 Å². The third-order valence-electron chi connectivity index (χ3n) is 7.07. The third kappa shape index (κ3) is 3.15. The highest BCUT2D eigenvalue weighted by molar-refractivity contribution is 6.34. The van der Waals surface area contributed by atoms with Crippen molar-refractivity contribution in [2.24, 2.45) is 11.8 Å². The van der Waals surface area contributed by atoms with Gasteiger partial charge in [-0.2, -0.15) is 0 Å². The van der Waals surface area contributed by atoms with E-state index in [0.717, 1.165) is 0 Å². The molecule has 1 N–H and O–H groups in total. The lowest BCUT2D eigenvalue weighted by Crippen LogP contribution is -2.58. The van der Waals surface area contributed by atoms with E-state index in [2.05, 4.69) is 0 Å². The van der Waals surface area contributed by atoms with Crippen LogP contribution in [0.5, 0.6) is 0 Å². The molecule has 8 nitrogen and oxygen atoms in total. The van der Waals surface area contributed by atoms with Gasteiger partial charge >= 0.3 is 5.97 Å². The second-order valence-electron chi connectivity index (χ2n) is 8.69. The van der Waals surface area contributed by atoms with Crippen molar-refractivity contribution in [3.8, 4) is 0 Å². The van der Waals surface area contributed by atoms with Crippen molar-refractivity contribution in [1.29, 1.82) is 0 Å². The Kier molecular flexibility index (Phi) is 5.55. The Balaban J connectivity index is 1.67. The Morgan fingerprint density at radius 3 is 2.73 bits per heavy atom. The summed E-state index contributed by atoms with van der Waals surface area (Å²) in [5.41, 5.74) is -0.840. The standard InChI is InChI=1S/C24H25ClN2O6/c1-2-14(13-28)27-20-22(30)26(16-8-4-3-7-15(16)25)11-6-10-24(20)19(21(27)29)18-17(33-24)9-5-12-32-23(18)31/h3-10,14,17-20,28H,2,11-13H2,1H3/t14-,17-,18+,19-,20?,24-/m0/s1. The van der Waals surface area contributed by atoms with Gasteiger partial charge in [-0.25, -0.2) is 0 Å². The van der Waals surface area contributed by atoms with Crippen LogP contribution < -0.4 is 4.90 Å². The highest BCUT2D eigenvalue weighted by Crippen LogP contribution is 2.54. The smallest absolute Gasteiger partial charge is 0.313 e. The van der Waals surface area contributed by atoms with E-state index >= 15 is 0 Å². The highest BCUT2D eigenvalue weighted by Gasteiger charge is 2.72. The molecule has 9 heteroatoms. The van der Waals surface area contributed by atoms with E-state index in [4.69, 9.17) is 21.1 Å². The number of para-hydroxylation sites is 1. The van der Waals surface area contributed by atoms with Crippen molar-refractivity contribution in [3.63, 3.8) is 0 Å². The van der Waals surface area contributed by atoms with Gasteiger partial charge in [0, 0.05) is 6.54 Å². The summed E-state index contributed by atoms with van der Waals surface area (Å²) >= 11 is 6.41. The fraction of sp³-hybridized carbons (Fsp3) is 0.458. The minimum Gasteiger partial charge on any atom is -0.461 e. The number of carbonyl (C=O) groups is 3. The Hall–Kier alpha value is -2.68. The molecule has 174 valence electrons. The molecular weight excluding hydrogens is 448 g/mol. The van der Waals surface area contributed by atoms with Gasteiger partial charge in [0.15, 0.2) is 0 Å². The summed E-state index contributed by atoms with van der Waals surface area (Å²) in [6.07, 6.45) is 6.70. The number of cyclic esters (lactones) is 1. The van der Waals surface area contributed by atoms with E-state index in [1.54, 1.807) is 48.6 Å². The summed E-state index contributed by atoms with van der Waals surface area (Å²) in [5, 5.41) is 10.5. The fourth-order valence-corrected chi connectivity index (χ4v) is 5.84. The normalized spacial score (nSPS) is 33.8. The number of fused-ring (bicyclic) bond motifs is 2. The summed E-state index contributed by atoms with van der Waals surface area (Å²) in [4.78, 5) is 43.8. The van der Waals surface area contributed by atoms with Gasteiger partial charge in [-0.15, -0.1) is 0 Å². The van der Waals surface area contributed by atoms with Crippen LogP contribution in [0.3, 0.4) is 0 Å². The number of esters is 1. The van der Waals surface area contributed by atoms with Crippen molar-refractivity contribution >= 4 is 35.1 Å². The highest BCUT2D eigenvalue weighted by atomic mass is 35.5. The minimum atomic E-state index is -1.36. The number of hydrogen-bond donors (Lipinski definition) is 1. The van der Waals surface area contributed by atoms with Gasteiger partial charge in [0.25, 0.3) is 5.91 Å². The number of nitrogens with zero attached hydrogens (tertiary/aromatic N) is 2. The van der Waals surface area contributed by atoms with Crippen molar-refractivity contribution in [1.82, 2.24) is 4.90 Å². The van der Waals surface area contributed by atoms with E-state index in [9.17, 15) is 19.5 Å². The molecule has 0 bridgehead atoms. The van der Waals surface area contributed by atoms with Crippen LogP contribution in [-0.2, 0) is 23.9 Å². The van der Waals surface area contributed by atoms with Gasteiger partial charge in [-0.05, 0) is 24.6 Å². The number of benzene rings is 1. The average molecular weight is 473 g/mol. The summed E-state index contributed by atoms with van der Waals surface area (Å²) in [5.74, 6) is -3.09. The lowest BCUT2D eigenvalue weighted by atomic mass is 9.78. The van der Waals surface area contributed by atoms with Gasteiger partial charge in [-0.1, -0.05) is 48.9 Å². The molecule has 6 atom stereocenters. The Morgan fingerprint density at radius 2 is 2.00 bits per heavy atom. The molecule has 1 aromatic rings. The minimum absolute atomic E-state index is 0.111. The van der Waals surface area contributed by atoms with E-state index < -0.39 is 41.6 Å². The van der Waals surface area contributed by atoms with E-state index in [1.165, 1.54) is 9.80 Å². The first-order chi connectivity index (χ1) is 15.9. The first kappa shape index (κ1) is 22.1. The molecule has 4 aliphatic rings. The SMILES string of the molecule is CC[C@@H](CO)N1C(=O)[C@@H]2[C@@H]3C(=O)OCC=C[C@@H]3O[C@@]23C=CCN(c2ccccc2Cl)C(=O)C13. The fourth-order valence-electron chi connectivity index (χ4n) is 5.60. The average Bonchev–Trinajstić information content (AvgIpc) is 3.11. The Morgan fingerprint density at radius 1 is 1.21 bits per heavy atom. The van der Waals surface area contributed by atoms with Crippen molar-refractivity contribution in [2.45, 2.75) is 37.1 Å². The number of hydrogen-bond acceptors (Lipinski definition) is 6. The molecule has 0 radical (unpaired) electrons. The van der Waals surface area contributed by atoms with Gasteiger partial charge in [0.1, 0.15) is 24.2 Å². The topological polar surface area (TPSA) is 96.4 Å². The summed E-state index contributed by atoms with van der Waals surface area (Å²) < 4.78 is 11.7. The summed E-state index contributed by atoms with van der Waals surface area (Å²) in [6.45, 7) is 1.86. The molecule has 0 aromatic heterocycles. The molecule has 5 rings (SSSR count). The van der Waals surface area contributed by atoms with Crippen LogP contribution in [0.25, 0.3) is 0 Å². The second kappa shape index (κ2) is 8.27. The van der Waals surface area contributed by atoms with Crippen molar-refractivity contribution in [2.75, 3.05) is 24.7 Å². The molecule has 1 aromatic carbocycles. The lowest BCUT2D eigenvalue weighted by Gasteiger charge is -2.38. The molecule has 1 spiro atoms. The number of aliphatic hydroxyl groups is 1. The maximum atomic E-state index is 14.1. The number of carbonyl (C=O) groups excluding carboxylic acids is 3. The zero-order valence-electron chi connectivity index (χ0n) is 18.1. The van der Waals surface area contributed by atoms with Crippen LogP contribution in [-0.4, -0.2) is 71.3 Å². The molecule has 4 heterocycles. The summed E-state index contributed by atoms with van der Waals surface area (Å²) in [6, 6.07) is 5.34. The molecule has 0 aliphatic carbocycles. The second-order valence-corrected chi connectivity index (χ2v) is 9.10. The number of likely N-dealkylation sites (tertiary alicyclic amines) is 1. The maximum Gasteiger partial charge on any atom is 0.313 e. The largest absolute Gasteiger partial charge is 0.461 e. The summed E-state index contributed by atoms with van der Waals surface area (Å²) in [7, 11) is 0. The molecule has 4 aliphatic heterocycles. The molecule has 33 heavy (non-hydrogen) atoms. The molecule has 0 saturated carbocycles. The van der Waals surface area contributed by atoms with Gasteiger partial charge in [-0.3, -0.25) is 14.4 Å². The number of aliphatic hydroxyl groups excluding tert-OH is 1. The third-order valence-corrected chi connectivity index (χ3v) is 7.39. The Bertz CT molecular complexity index is 1050. The number of ether oxygens (including phenoxy) is 2. The first-order valence-corrected chi connectivity index (χ1v) is 11.5. The zero-order chi connectivity index (χ0) is 23.3. The van der Waals surface area contributed by atoms with E-state index in [1.807, 2.05) is 6.92 Å². The number of anilines is 1. The number of halogens is 1. The number of rotatable bonds is 4. The van der Waals surface area contributed by atoms with Crippen LogP contribution in [0.1, 0.15) is 13.3 Å². The predicted octanol–water partition coefficient (Wildman–Crippen LogP) is 1.71. The van der Waals surface area contributed by atoms with Crippen LogP contribution in [0.15, 0.2) is 48.6 Å². The van der Waals surface area contributed by atoms with Gasteiger partial charge in [0.05, 0.1) is 35.4 Å². The quantitative estimate of drug-likeness (QED) is 0.529. The molecule has 1 unspecified atom stereocenters. The van der Waals surface area contributed by atoms with E-state index in [-0.39, 0.29) is 31.6 Å². The van der Waals surface area contributed by atoms with E-state index in [0.29, 0.717) is 17.1 Å². The van der Waals surface area contributed by atoms with Gasteiger partial charge < -0.3 is 24.4 Å². The first-order valence-electron chi connectivity index (χ1n) is 11.1. The predicted molar refractivity (Wildman–Crippen MR) is 119 cm³/mol. The zero-order valence-corrected chi connectivity index (χ0v) is 18.9. The number of amides is 2. The van der Waals surface area contributed by atoms with Crippen molar-refractivity contribution in [3.05, 3.63) is 53.6 Å².